The summed E-state index contributed by atoms with van der Waals surface area (Å²) in [5.74, 6) is 1.42. The lowest BCUT2D eigenvalue weighted by Gasteiger charge is -2.12. The number of aryl methyl sites for hydroxylation is 3. The second kappa shape index (κ2) is 15.7. The maximum atomic E-state index is 13.1. The standard InChI is InChI=1S/C39H42ClN5O5S2/c1-22(2)45-26(20-52-27-16-24-10-8-9-11-28(24)33(46)18-27)17-25(41-45)19-51-21-32-35(23(3)44(5)42-32)36-31(40)14-12-29-30(13-15-34(47)49-6)38(39(48)50-7)43(4)37(29)36/h8-12,14,16-18,22,46H,13,15,19-21H2,1-7H3. The van der Waals surface area contributed by atoms with Crippen LogP contribution in [-0.2, 0) is 52.0 Å². The van der Waals surface area contributed by atoms with E-state index in [0.29, 0.717) is 40.0 Å². The van der Waals surface area contributed by atoms with Gasteiger partial charge in [-0.25, -0.2) is 4.79 Å². The number of fused-ring (bicyclic) bond motifs is 2. The molecule has 0 aliphatic carbocycles. The number of aromatic nitrogens is 5. The lowest BCUT2D eigenvalue weighted by molar-refractivity contribution is -0.140. The number of ether oxygens (including phenoxy) is 2. The Morgan fingerprint density at radius 2 is 1.71 bits per heavy atom. The van der Waals surface area contributed by atoms with Crippen molar-refractivity contribution in [3.63, 3.8) is 0 Å². The molecule has 3 aromatic carbocycles. The van der Waals surface area contributed by atoms with Crippen molar-refractivity contribution < 1.29 is 24.2 Å². The summed E-state index contributed by atoms with van der Waals surface area (Å²) >= 11 is 10.4. The highest BCUT2D eigenvalue weighted by Gasteiger charge is 2.28. The summed E-state index contributed by atoms with van der Waals surface area (Å²) in [6.07, 6.45) is 0.421. The van der Waals surface area contributed by atoms with Gasteiger partial charge in [-0.1, -0.05) is 41.9 Å². The molecule has 0 saturated carbocycles. The average molecular weight is 760 g/mol. The molecule has 10 nitrogen and oxygen atoms in total. The Hall–Kier alpha value is -4.39. The number of methoxy groups -OCH3 is 2. The van der Waals surface area contributed by atoms with Crippen LogP contribution in [0, 0.1) is 6.92 Å². The van der Waals surface area contributed by atoms with E-state index in [1.807, 2.05) is 72.7 Å². The zero-order chi connectivity index (χ0) is 37.3. The van der Waals surface area contributed by atoms with Gasteiger partial charge in [0.15, 0.2) is 0 Å². The van der Waals surface area contributed by atoms with Crippen LogP contribution in [-0.4, -0.2) is 55.4 Å². The molecule has 3 aromatic heterocycles. The van der Waals surface area contributed by atoms with E-state index in [-0.39, 0.29) is 24.2 Å². The highest BCUT2D eigenvalue weighted by atomic mass is 35.5. The number of phenolic OH excluding ortho intramolecular Hbond substituents is 1. The van der Waals surface area contributed by atoms with Gasteiger partial charge in [0.1, 0.15) is 11.4 Å². The number of aromatic hydroxyl groups is 1. The number of carbonyl (C=O) groups is 2. The Bertz CT molecular complexity index is 2310. The number of phenols is 1. The van der Waals surface area contributed by atoms with Crippen LogP contribution >= 0.6 is 35.1 Å². The summed E-state index contributed by atoms with van der Waals surface area (Å²) in [5, 5.41) is 23.7. The second-order valence-corrected chi connectivity index (χ2v) is 15.4. The number of thioether (sulfide) groups is 2. The van der Waals surface area contributed by atoms with Gasteiger partial charge in [-0.3, -0.25) is 14.2 Å². The lowest BCUT2D eigenvalue weighted by Crippen LogP contribution is -2.11. The molecule has 52 heavy (non-hydrogen) atoms. The SMILES string of the molecule is COC(=O)CCc1c(C(=O)OC)n(C)c2c(-c3c(CSCc4cc(CSc5cc(O)c6ccccc6c5)n(C(C)C)n4)nn(C)c3C)c(Cl)ccc12. The van der Waals surface area contributed by atoms with Crippen molar-refractivity contribution in [2.45, 2.75) is 61.8 Å². The lowest BCUT2D eigenvalue weighted by atomic mass is 9.98. The number of halogens is 1. The quantitative estimate of drug-likeness (QED) is 0.0912. The number of carbonyl (C=O) groups excluding carboxylic acids is 2. The molecule has 0 unspecified atom stereocenters. The van der Waals surface area contributed by atoms with Crippen LogP contribution in [0.3, 0.4) is 0 Å². The zero-order valence-electron chi connectivity index (χ0n) is 30.3. The summed E-state index contributed by atoms with van der Waals surface area (Å²) in [6, 6.07) is 17.9. The van der Waals surface area contributed by atoms with Crippen molar-refractivity contribution in [1.82, 2.24) is 24.1 Å². The van der Waals surface area contributed by atoms with Crippen molar-refractivity contribution in [1.29, 1.82) is 0 Å². The summed E-state index contributed by atoms with van der Waals surface area (Å²) in [4.78, 5) is 26.2. The molecule has 6 aromatic rings. The third-order valence-electron chi connectivity index (χ3n) is 9.29. The summed E-state index contributed by atoms with van der Waals surface area (Å²) < 4.78 is 15.8. The third kappa shape index (κ3) is 7.29. The largest absolute Gasteiger partial charge is 0.507 e. The van der Waals surface area contributed by atoms with Gasteiger partial charge in [0, 0.05) is 82.0 Å². The van der Waals surface area contributed by atoms with E-state index in [1.165, 1.54) is 14.2 Å². The fourth-order valence-electron chi connectivity index (χ4n) is 6.75. The van der Waals surface area contributed by atoms with Crippen molar-refractivity contribution in [2.24, 2.45) is 14.1 Å². The van der Waals surface area contributed by atoms with Crippen LogP contribution in [0.2, 0.25) is 5.02 Å². The second-order valence-electron chi connectivity index (χ2n) is 12.9. The Morgan fingerprint density at radius 1 is 0.942 bits per heavy atom. The molecular formula is C39H42ClN5O5S2. The molecule has 0 atom stereocenters. The maximum absolute atomic E-state index is 13.1. The van der Waals surface area contributed by atoms with E-state index in [1.54, 1.807) is 23.5 Å². The van der Waals surface area contributed by atoms with E-state index in [4.69, 9.17) is 31.3 Å². The first-order valence-electron chi connectivity index (χ1n) is 16.9. The predicted molar refractivity (Wildman–Crippen MR) is 209 cm³/mol. The van der Waals surface area contributed by atoms with E-state index in [0.717, 1.165) is 60.5 Å². The van der Waals surface area contributed by atoms with Gasteiger partial charge in [0.05, 0.1) is 36.1 Å². The molecule has 272 valence electrons. The smallest absolute Gasteiger partial charge is 0.354 e. The molecule has 3 heterocycles. The highest BCUT2D eigenvalue weighted by Crippen LogP contribution is 2.43. The van der Waals surface area contributed by atoms with Crippen molar-refractivity contribution in [3.8, 4) is 16.9 Å². The van der Waals surface area contributed by atoms with Gasteiger partial charge in [-0.15, -0.1) is 23.5 Å². The van der Waals surface area contributed by atoms with Crippen LogP contribution < -0.4 is 0 Å². The number of hydrogen-bond donors (Lipinski definition) is 1. The zero-order valence-corrected chi connectivity index (χ0v) is 32.7. The molecule has 1 N–H and O–H groups in total. The van der Waals surface area contributed by atoms with Gasteiger partial charge in [0.2, 0.25) is 0 Å². The van der Waals surface area contributed by atoms with E-state index in [9.17, 15) is 14.7 Å². The number of hydrogen-bond acceptors (Lipinski definition) is 9. The van der Waals surface area contributed by atoms with Gasteiger partial charge in [0.25, 0.3) is 0 Å². The molecule has 0 bridgehead atoms. The Kier molecular flexibility index (Phi) is 11.3. The normalized spacial score (nSPS) is 11.6. The van der Waals surface area contributed by atoms with Gasteiger partial charge >= 0.3 is 11.9 Å². The molecule has 0 saturated heterocycles. The van der Waals surface area contributed by atoms with E-state index < -0.39 is 5.97 Å². The van der Waals surface area contributed by atoms with Crippen LogP contribution in [0.25, 0.3) is 32.8 Å². The topological polar surface area (TPSA) is 113 Å². The van der Waals surface area contributed by atoms with Crippen molar-refractivity contribution in [2.75, 3.05) is 14.2 Å². The first kappa shape index (κ1) is 37.4. The van der Waals surface area contributed by atoms with Crippen LogP contribution in [0.5, 0.6) is 5.75 Å². The maximum Gasteiger partial charge on any atom is 0.354 e. The molecule has 0 aliphatic heterocycles. The summed E-state index contributed by atoms with van der Waals surface area (Å²) in [7, 11) is 6.43. The van der Waals surface area contributed by atoms with Crippen molar-refractivity contribution in [3.05, 3.63) is 93.7 Å². The molecule has 6 rings (SSSR count). The van der Waals surface area contributed by atoms with Gasteiger partial charge in [-0.05, 0) is 62.4 Å². The number of nitrogens with zero attached hydrogens (tertiary/aromatic N) is 5. The minimum atomic E-state index is -0.492. The van der Waals surface area contributed by atoms with Gasteiger partial charge in [-0.2, -0.15) is 10.2 Å². The molecule has 13 heteroatoms. The van der Waals surface area contributed by atoms with Crippen LogP contribution in [0.1, 0.15) is 65.1 Å². The fourth-order valence-corrected chi connectivity index (χ4v) is 8.78. The minimum absolute atomic E-state index is 0.116. The van der Waals surface area contributed by atoms with E-state index >= 15 is 0 Å². The van der Waals surface area contributed by atoms with Crippen LogP contribution in [0.4, 0.5) is 0 Å². The van der Waals surface area contributed by atoms with Crippen molar-refractivity contribution >= 4 is 68.7 Å². The Labute approximate surface area is 316 Å². The first-order valence-corrected chi connectivity index (χ1v) is 19.4. The summed E-state index contributed by atoms with van der Waals surface area (Å²) in [5.41, 5.74) is 7.43. The molecule has 0 spiro atoms. The molecule has 0 aliphatic rings. The number of esters is 2. The van der Waals surface area contributed by atoms with Crippen LogP contribution in [0.15, 0.2) is 59.5 Å². The third-order valence-corrected chi connectivity index (χ3v) is 11.6. The van der Waals surface area contributed by atoms with Gasteiger partial charge < -0.3 is 19.1 Å². The molecule has 0 fully saturated rings. The number of rotatable bonds is 13. The summed E-state index contributed by atoms with van der Waals surface area (Å²) in [6.45, 7) is 6.27. The number of benzene rings is 3. The Morgan fingerprint density at radius 3 is 2.44 bits per heavy atom. The Balaban J connectivity index is 1.27. The van der Waals surface area contributed by atoms with E-state index in [2.05, 4.69) is 30.7 Å². The molecular weight excluding hydrogens is 718 g/mol. The highest BCUT2D eigenvalue weighted by molar-refractivity contribution is 7.98. The average Bonchev–Trinajstić information content (AvgIpc) is 3.76. The fraction of sp³-hybridized carbons (Fsp3) is 0.333. The predicted octanol–water partition coefficient (Wildman–Crippen LogP) is 8.79. The minimum Gasteiger partial charge on any atom is -0.507 e. The molecule has 0 radical (unpaired) electrons. The first-order chi connectivity index (χ1) is 24.9. The molecule has 0 amide bonds. The monoisotopic (exact) mass is 759 g/mol.